The first-order valence-corrected chi connectivity index (χ1v) is 7.22. The third-order valence-corrected chi connectivity index (χ3v) is 3.55. The molecule has 2 rings (SSSR count). The fourth-order valence-corrected chi connectivity index (χ4v) is 2.40. The predicted octanol–water partition coefficient (Wildman–Crippen LogP) is 5.42. The summed E-state index contributed by atoms with van der Waals surface area (Å²) in [4.78, 5) is 0. The van der Waals surface area contributed by atoms with Gasteiger partial charge in [-0.2, -0.15) is 0 Å². The Kier molecular flexibility index (Phi) is 5.32. The minimum atomic E-state index is 1.04. The molecular formula is C17H24O. The molecule has 0 atom stereocenters. The van der Waals surface area contributed by atoms with Gasteiger partial charge in [0.25, 0.3) is 0 Å². The van der Waals surface area contributed by atoms with Crippen molar-refractivity contribution in [3.8, 4) is 0 Å². The summed E-state index contributed by atoms with van der Waals surface area (Å²) < 4.78 is 6.19. The molecular weight excluding hydrogens is 220 g/mol. The van der Waals surface area contributed by atoms with E-state index in [0.29, 0.717) is 0 Å². The van der Waals surface area contributed by atoms with Crippen LogP contribution >= 0.6 is 0 Å². The van der Waals surface area contributed by atoms with Gasteiger partial charge >= 0.3 is 0 Å². The van der Waals surface area contributed by atoms with E-state index in [9.17, 15) is 0 Å². The Morgan fingerprint density at radius 3 is 2.28 bits per heavy atom. The van der Waals surface area contributed by atoms with Crippen LogP contribution in [0, 0.1) is 0 Å². The van der Waals surface area contributed by atoms with Crippen LogP contribution in [0.25, 0.3) is 0 Å². The maximum Gasteiger partial charge on any atom is 0.103 e. The van der Waals surface area contributed by atoms with E-state index < -0.39 is 0 Å². The summed E-state index contributed by atoms with van der Waals surface area (Å²) in [7, 11) is 0. The molecule has 0 saturated heterocycles. The van der Waals surface area contributed by atoms with Gasteiger partial charge < -0.3 is 4.74 Å². The van der Waals surface area contributed by atoms with Crippen molar-refractivity contribution >= 4 is 0 Å². The van der Waals surface area contributed by atoms with E-state index in [0.717, 1.165) is 51.4 Å². The monoisotopic (exact) mass is 244 g/mol. The van der Waals surface area contributed by atoms with Crippen LogP contribution in [0.3, 0.4) is 0 Å². The lowest BCUT2D eigenvalue weighted by Gasteiger charge is -2.17. The molecule has 0 radical (unpaired) electrons. The fraction of sp³-hybridized carbons (Fsp3) is 0.529. The molecule has 1 heteroatoms. The van der Waals surface area contributed by atoms with Crippen molar-refractivity contribution in [2.24, 2.45) is 0 Å². The van der Waals surface area contributed by atoms with Crippen LogP contribution in [0.5, 0.6) is 0 Å². The maximum atomic E-state index is 6.19. The van der Waals surface area contributed by atoms with E-state index in [2.05, 4.69) is 37.3 Å². The molecule has 0 aromatic heterocycles. The lowest BCUT2D eigenvalue weighted by Crippen LogP contribution is -2.00. The first kappa shape index (κ1) is 13.2. The second-order valence-corrected chi connectivity index (χ2v) is 5.11. The van der Waals surface area contributed by atoms with Crippen LogP contribution in [0.1, 0.15) is 58.3 Å². The molecule has 0 heterocycles. The molecule has 0 aromatic rings. The normalized spacial score (nSPS) is 21.7. The quantitative estimate of drug-likeness (QED) is 0.589. The summed E-state index contributed by atoms with van der Waals surface area (Å²) >= 11 is 0. The zero-order chi connectivity index (χ0) is 12.6. The highest BCUT2D eigenvalue weighted by Crippen LogP contribution is 2.25. The first-order chi connectivity index (χ1) is 8.86. The summed E-state index contributed by atoms with van der Waals surface area (Å²) in [5.41, 5.74) is 1.43. The summed E-state index contributed by atoms with van der Waals surface area (Å²) in [6.45, 7) is 2.22. The molecule has 2 aliphatic rings. The van der Waals surface area contributed by atoms with E-state index in [-0.39, 0.29) is 0 Å². The van der Waals surface area contributed by atoms with E-state index in [4.69, 9.17) is 4.74 Å². The molecule has 0 unspecified atom stereocenters. The van der Waals surface area contributed by atoms with Gasteiger partial charge in [-0.05, 0) is 57.1 Å². The first-order valence-electron chi connectivity index (χ1n) is 7.22. The molecule has 2 aliphatic carbocycles. The van der Waals surface area contributed by atoms with Gasteiger partial charge in [0.2, 0.25) is 0 Å². The van der Waals surface area contributed by atoms with E-state index in [1.165, 1.54) is 17.1 Å². The number of allylic oxidation sites excluding steroid dienone is 8. The highest BCUT2D eigenvalue weighted by Gasteiger charge is 2.09. The fourth-order valence-electron chi connectivity index (χ4n) is 2.40. The van der Waals surface area contributed by atoms with Crippen molar-refractivity contribution in [2.45, 2.75) is 58.3 Å². The molecule has 0 spiro atoms. The van der Waals surface area contributed by atoms with Crippen LogP contribution < -0.4 is 0 Å². The van der Waals surface area contributed by atoms with Crippen LogP contribution in [0.2, 0.25) is 0 Å². The van der Waals surface area contributed by atoms with Crippen LogP contribution in [0.4, 0.5) is 0 Å². The van der Waals surface area contributed by atoms with Crippen LogP contribution in [0.15, 0.2) is 47.5 Å². The average molecular weight is 244 g/mol. The SMILES string of the molecule is CC1=C(OC2=CCCC=CCC2)CCC=CCC1. The van der Waals surface area contributed by atoms with Crippen molar-refractivity contribution < 1.29 is 4.74 Å². The second kappa shape index (κ2) is 7.25. The van der Waals surface area contributed by atoms with E-state index in [1.807, 2.05) is 0 Å². The Balaban J connectivity index is 1.99. The molecule has 0 aromatic carbocycles. The highest BCUT2D eigenvalue weighted by molar-refractivity contribution is 5.13. The van der Waals surface area contributed by atoms with Crippen molar-refractivity contribution in [3.63, 3.8) is 0 Å². The summed E-state index contributed by atoms with van der Waals surface area (Å²) in [5.74, 6) is 2.40. The molecule has 0 amide bonds. The maximum absolute atomic E-state index is 6.19. The smallest absolute Gasteiger partial charge is 0.103 e. The average Bonchev–Trinajstić information content (AvgIpc) is 2.31. The molecule has 18 heavy (non-hydrogen) atoms. The summed E-state index contributed by atoms with van der Waals surface area (Å²) in [6, 6.07) is 0. The van der Waals surface area contributed by atoms with Crippen molar-refractivity contribution in [2.75, 3.05) is 0 Å². The zero-order valence-corrected chi connectivity index (χ0v) is 11.5. The topological polar surface area (TPSA) is 9.23 Å². The predicted molar refractivity (Wildman–Crippen MR) is 77.1 cm³/mol. The molecule has 0 aliphatic heterocycles. The van der Waals surface area contributed by atoms with Crippen molar-refractivity contribution in [1.82, 2.24) is 0 Å². The lowest BCUT2D eigenvalue weighted by atomic mass is 10.0. The number of rotatable bonds is 2. The molecule has 0 N–H and O–H groups in total. The van der Waals surface area contributed by atoms with Gasteiger partial charge in [0.05, 0.1) is 5.76 Å². The largest absolute Gasteiger partial charge is 0.466 e. The Labute approximate surface area is 111 Å². The summed E-state index contributed by atoms with van der Waals surface area (Å²) in [6.07, 6.45) is 20.3. The van der Waals surface area contributed by atoms with Gasteiger partial charge in [0, 0.05) is 12.8 Å². The Morgan fingerprint density at radius 1 is 0.778 bits per heavy atom. The third-order valence-electron chi connectivity index (χ3n) is 3.55. The van der Waals surface area contributed by atoms with Crippen molar-refractivity contribution in [1.29, 1.82) is 0 Å². The second-order valence-electron chi connectivity index (χ2n) is 5.11. The van der Waals surface area contributed by atoms with Gasteiger partial charge in [0.1, 0.15) is 5.76 Å². The Bertz CT molecular complexity index is 382. The van der Waals surface area contributed by atoms with Crippen LogP contribution in [-0.4, -0.2) is 0 Å². The van der Waals surface area contributed by atoms with Gasteiger partial charge in [-0.1, -0.05) is 24.3 Å². The molecule has 0 bridgehead atoms. The molecule has 0 saturated carbocycles. The highest BCUT2D eigenvalue weighted by atomic mass is 16.5. The molecule has 0 fully saturated rings. The number of ether oxygens (including phenoxy) is 1. The minimum absolute atomic E-state index is 1.04. The zero-order valence-electron chi connectivity index (χ0n) is 11.5. The molecule has 1 nitrogen and oxygen atoms in total. The Hall–Kier alpha value is -1.24. The number of hydrogen-bond acceptors (Lipinski definition) is 1. The van der Waals surface area contributed by atoms with Crippen LogP contribution in [-0.2, 0) is 4.74 Å². The summed E-state index contributed by atoms with van der Waals surface area (Å²) in [5, 5.41) is 0. The standard InChI is InChI=1S/C17H24O/c1-15-11-7-5-6-10-14-17(15)18-16-12-8-3-2-4-9-13-16/h2-3,5-6,13H,4,7-12,14H2,1H3. The molecule has 98 valence electrons. The van der Waals surface area contributed by atoms with E-state index >= 15 is 0 Å². The van der Waals surface area contributed by atoms with E-state index in [1.54, 1.807) is 0 Å². The van der Waals surface area contributed by atoms with Gasteiger partial charge in [-0.3, -0.25) is 0 Å². The minimum Gasteiger partial charge on any atom is -0.466 e. The number of hydrogen-bond donors (Lipinski definition) is 0. The van der Waals surface area contributed by atoms with Gasteiger partial charge in [-0.25, -0.2) is 0 Å². The lowest BCUT2D eigenvalue weighted by molar-refractivity contribution is 0.269. The Morgan fingerprint density at radius 2 is 1.44 bits per heavy atom. The van der Waals surface area contributed by atoms with Crippen molar-refractivity contribution in [3.05, 3.63) is 47.5 Å². The van der Waals surface area contributed by atoms with Gasteiger partial charge in [0.15, 0.2) is 0 Å². The van der Waals surface area contributed by atoms with Gasteiger partial charge in [-0.15, -0.1) is 0 Å². The third kappa shape index (κ3) is 4.21.